The number of hydrogen-bond acceptors (Lipinski definition) is 7. The van der Waals surface area contributed by atoms with Gasteiger partial charge in [0, 0.05) is 41.9 Å². The maximum absolute atomic E-state index is 13.6. The van der Waals surface area contributed by atoms with E-state index >= 15 is 0 Å². The van der Waals surface area contributed by atoms with Gasteiger partial charge in [-0.05, 0) is 20.8 Å². The van der Waals surface area contributed by atoms with E-state index in [2.05, 4.69) is 10.6 Å². The van der Waals surface area contributed by atoms with Crippen molar-refractivity contribution in [2.24, 2.45) is 0 Å². The first-order valence-corrected chi connectivity index (χ1v) is 13.4. The van der Waals surface area contributed by atoms with Crippen molar-refractivity contribution < 1.29 is 23.8 Å². The minimum atomic E-state index is -1.11. The normalized spacial score (nSPS) is 17.8. The molecule has 0 unspecified atom stereocenters. The van der Waals surface area contributed by atoms with Crippen molar-refractivity contribution in [1.82, 2.24) is 10.6 Å². The Hall–Kier alpha value is -3.52. The van der Waals surface area contributed by atoms with E-state index in [4.69, 9.17) is 14.2 Å². The molecular formula is C32H38N2O5. The molecule has 7 nitrogen and oxygen atoms in total. The lowest BCUT2D eigenvalue weighted by Crippen LogP contribution is -2.56. The molecule has 2 N–H and O–H groups in total. The molecule has 39 heavy (non-hydrogen) atoms. The number of piperazine rings is 1. The van der Waals surface area contributed by atoms with Crippen LogP contribution in [0.2, 0.25) is 0 Å². The molecule has 1 heterocycles. The van der Waals surface area contributed by atoms with E-state index in [1.807, 2.05) is 112 Å². The Bertz CT molecular complexity index is 1100. The van der Waals surface area contributed by atoms with Crippen molar-refractivity contribution in [2.45, 2.75) is 56.9 Å². The Labute approximate surface area is 230 Å². The van der Waals surface area contributed by atoms with Gasteiger partial charge in [-0.15, -0.1) is 0 Å². The average molecular weight is 531 g/mol. The summed E-state index contributed by atoms with van der Waals surface area (Å²) in [5, 5.41) is 6.75. The largest absolute Gasteiger partial charge is 0.444 e. The summed E-state index contributed by atoms with van der Waals surface area (Å²) in [6.45, 7) is 6.81. The third-order valence-electron chi connectivity index (χ3n) is 6.60. The van der Waals surface area contributed by atoms with E-state index in [0.29, 0.717) is 13.1 Å². The number of carbonyl (C=O) groups excluding carboxylic acids is 2. The Morgan fingerprint density at radius 1 is 0.718 bits per heavy atom. The standard InChI is InChI=1S/C32H38N2O5/c1-31(2,3)38-23-37-29(35)19-27-21-33-22-28(34-27)20-30(36)39-32(24-13-7-4-8-14-24,25-15-9-5-10-16-25)26-17-11-6-12-18-26/h4-18,27-28,33-34H,19-23H2,1-3H3/t27-,28-/m1/s1. The van der Waals surface area contributed by atoms with Gasteiger partial charge in [0.15, 0.2) is 12.4 Å². The third kappa shape index (κ3) is 7.76. The second-order valence-electron chi connectivity index (χ2n) is 10.8. The molecule has 0 aromatic heterocycles. The monoisotopic (exact) mass is 530 g/mol. The first kappa shape index (κ1) is 28.5. The summed E-state index contributed by atoms with van der Waals surface area (Å²) in [5.41, 5.74) is 1.10. The van der Waals surface area contributed by atoms with Gasteiger partial charge in [-0.25, -0.2) is 0 Å². The van der Waals surface area contributed by atoms with Crippen molar-refractivity contribution >= 4 is 11.9 Å². The lowest BCUT2D eigenvalue weighted by molar-refractivity contribution is -0.167. The van der Waals surface area contributed by atoms with E-state index in [9.17, 15) is 9.59 Å². The molecule has 0 amide bonds. The van der Waals surface area contributed by atoms with Crippen LogP contribution in [0.1, 0.15) is 50.3 Å². The molecule has 206 valence electrons. The minimum absolute atomic E-state index is 0.0845. The van der Waals surface area contributed by atoms with Crippen LogP contribution in [0, 0.1) is 0 Å². The molecule has 0 saturated carbocycles. The molecule has 0 spiro atoms. The summed E-state index contributed by atoms with van der Waals surface area (Å²) in [5.74, 6) is -0.689. The summed E-state index contributed by atoms with van der Waals surface area (Å²) in [6.07, 6.45) is 0.313. The second kappa shape index (κ2) is 13.0. The SMILES string of the molecule is CC(C)(C)OCOC(=O)C[C@@H]1CNC[C@@H](CC(=O)OC(c2ccccc2)(c2ccccc2)c2ccccc2)N1. The number of nitrogens with one attached hydrogen (secondary N) is 2. The van der Waals surface area contributed by atoms with E-state index in [-0.39, 0.29) is 49.3 Å². The molecule has 0 aliphatic carbocycles. The van der Waals surface area contributed by atoms with E-state index in [1.165, 1.54) is 0 Å². The van der Waals surface area contributed by atoms with Crippen molar-refractivity contribution in [1.29, 1.82) is 0 Å². The van der Waals surface area contributed by atoms with Gasteiger partial charge in [0.05, 0.1) is 18.4 Å². The predicted octanol–water partition coefficient (Wildman–Crippen LogP) is 4.55. The van der Waals surface area contributed by atoms with Crippen LogP contribution in [0.5, 0.6) is 0 Å². The maximum Gasteiger partial charge on any atom is 0.309 e. The Morgan fingerprint density at radius 2 is 1.15 bits per heavy atom. The Balaban J connectivity index is 1.49. The summed E-state index contributed by atoms with van der Waals surface area (Å²) < 4.78 is 17.2. The van der Waals surface area contributed by atoms with Crippen molar-refractivity contribution in [3.8, 4) is 0 Å². The van der Waals surface area contributed by atoms with Crippen LogP contribution in [-0.4, -0.2) is 49.5 Å². The highest BCUT2D eigenvalue weighted by atomic mass is 16.7. The van der Waals surface area contributed by atoms with Gasteiger partial charge >= 0.3 is 11.9 Å². The lowest BCUT2D eigenvalue weighted by atomic mass is 9.80. The molecule has 1 fully saturated rings. The van der Waals surface area contributed by atoms with Gasteiger partial charge in [-0.2, -0.15) is 0 Å². The zero-order valence-electron chi connectivity index (χ0n) is 22.9. The highest BCUT2D eigenvalue weighted by Gasteiger charge is 2.41. The van der Waals surface area contributed by atoms with Gasteiger partial charge in [0.25, 0.3) is 0 Å². The smallest absolute Gasteiger partial charge is 0.309 e. The summed E-state index contributed by atoms with van der Waals surface area (Å²) >= 11 is 0. The van der Waals surface area contributed by atoms with Crippen LogP contribution >= 0.6 is 0 Å². The van der Waals surface area contributed by atoms with Gasteiger partial charge in [0.1, 0.15) is 0 Å². The Morgan fingerprint density at radius 3 is 1.59 bits per heavy atom. The molecule has 4 rings (SSSR count). The van der Waals surface area contributed by atoms with Crippen molar-refractivity contribution in [3.63, 3.8) is 0 Å². The summed E-state index contributed by atoms with van der Waals surface area (Å²) in [7, 11) is 0. The number of benzene rings is 3. The quantitative estimate of drug-likeness (QED) is 0.226. The highest BCUT2D eigenvalue weighted by Crippen LogP contribution is 2.40. The first-order chi connectivity index (χ1) is 18.8. The molecule has 0 bridgehead atoms. The van der Waals surface area contributed by atoms with Crippen LogP contribution < -0.4 is 10.6 Å². The van der Waals surface area contributed by atoms with Gasteiger partial charge < -0.3 is 24.8 Å². The van der Waals surface area contributed by atoms with Gasteiger partial charge in [0.2, 0.25) is 0 Å². The fourth-order valence-electron chi connectivity index (χ4n) is 4.79. The summed E-state index contributed by atoms with van der Waals surface area (Å²) in [4.78, 5) is 25.9. The summed E-state index contributed by atoms with van der Waals surface area (Å²) in [6, 6.07) is 29.1. The fourth-order valence-corrected chi connectivity index (χ4v) is 4.79. The molecule has 2 atom stereocenters. The zero-order chi connectivity index (χ0) is 27.7. The molecule has 1 aliphatic heterocycles. The van der Waals surface area contributed by atoms with Crippen LogP contribution in [-0.2, 0) is 29.4 Å². The van der Waals surface area contributed by atoms with Crippen LogP contribution in [0.3, 0.4) is 0 Å². The van der Waals surface area contributed by atoms with E-state index in [0.717, 1.165) is 16.7 Å². The van der Waals surface area contributed by atoms with Crippen molar-refractivity contribution in [3.05, 3.63) is 108 Å². The highest BCUT2D eigenvalue weighted by molar-refractivity contribution is 5.73. The molecule has 0 radical (unpaired) electrons. The number of esters is 2. The van der Waals surface area contributed by atoms with Crippen LogP contribution in [0.25, 0.3) is 0 Å². The van der Waals surface area contributed by atoms with E-state index < -0.39 is 5.60 Å². The zero-order valence-corrected chi connectivity index (χ0v) is 22.9. The third-order valence-corrected chi connectivity index (χ3v) is 6.60. The van der Waals surface area contributed by atoms with Gasteiger partial charge in [-0.3, -0.25) is 9.59 Å². The number of hydrogen-bond donors (Lipinski definition) is 2. The van der Waals surface area contributed by atoms with Crippen LogP contribution in [0.4, 0.5) is 0 Å². The Kier molecular flexibility index (Phi) is 9.51. The molecule has 3 aromatic rings. The maximum atomic E-state index is 13.6. The average Bonchev–Trinajstić information content (AvgIpc) is 2.92. The minimum Gasteiger partial charge on any atom is -0.444 e. The number of carbonyl (C=O) groups is 2. The van der Waals surface area contributed by atoms with E-state index in [1.54, 1.807) is 0 Å². The topological polar surface area (TPSA) is 85.9 Å². The second-order valence-corrected chi connectivity index (χ2v) is 10.8. The first-order valence-electron chi connectivity index (χ1n) is 13.4. The predicted molar refractivity (Wildman–Crippen MR) is 150 cm³/mol. The molecule has 1 saturated heterocycles. The molecule has 7 heteroatoms. The van der Waals surface area contributed by atoms with Crippen LogP contribution in [0.15, 0.2) is 91.0 Å². The number of ether oxygens (including phenoxy) is 3. The van der Waals surface area contributed by atoms with Gasteiger partial charge in [-0.1, -0.05) is 91.0 Å². The molecule has 1 aliphatic rings. The molecule has 3 aromatic carbocycles. The fraction of sp³-hybridized carbons (Fsp3) is 0.375. The molecular weight excluding hydrogens is 492 g/mol. The van der Waals surface area contributed by atoms with Crippen molar-refractivity contribution in [2.75, 3.05) is 19.9 Å². The number of rotatable bonds is 10. The lowest BCUT2D eigenvalue weighted by Gasteiger charge is -2.36.